The first-order valence-electron chi connectivity index (χ1n) is 8.50. The van der Waals surface area contributed by atoms with Gasteiger partial charge in [-0.1, -0.05) is 23.7 Å². The van der Waals surface area contributed by atoms with E-state index in [0.29, 0.717) is 0 Å². The Balaban J connectivity index is 1.95. The zero-order valence-corrected chi connectivity index (χ0v) is 18.2. The third-order valence-electron chi connectivity index (χ3n) is 4.08. The predicted octanol–water partition coefficient (Wildman–Crippen LogP) is 3.79. The van der Waals surface area contributed by atoms with Crippen molar-refractivity contribution in [1.29, 1.82) is 0 Å². The zero-order chi connectivity index (χ0) is 22.8. The van der Waals surface area contributed by atoms with Gasteiger partial charge in [0.05, 0.1) is 33.3 Å². The first-order chi connectivity index (χ1) is 14.5. The predicted molar refractivity (Wildman–Crippen MR) is 114 cm³/mol. The Morgan fingerprint density at radius 2 is 1.45 bits per heavy atom. The number of phenolic OH excluding ortho intramolecular Hbond substituents is 1. The summed E-state index contributed by atoms with van der Waals surface area (Å²) in [5, 5.41) is 9.62. The highest BCUT2D eigenvalue weighted by molar-refractivity contribution is 7.93. The molecule has 0 bridgehead atoms. The Morgan fingerprint density at radius 1 is 0.871 bits per heavy atom. The Bertz CT molecular complexity index is 1350. The minimum Gasteiger partial charge on any atom is -0.506 e. The van der Waals surface area contributed by atoms with Crippen molar-refractivity contribution in [2.75, 3.05) is 16.6 Å². The lowest BCUT2D eigenvalue weighted by Gasteiger charge is -2.14. The van der Waals surface area contributed by atoms with Gasteiger partial charge in [-0.05, 0) is 48.5 Å². The number of aromatic hydroxyl groups is 1. The fourth-order valence-corrected chi connectivity index (χ4v) is 4.98. The van der Waals surface area contributed by atoms with Crippen LogP contribution in [-0.4, -0.2) is 29.1 Å². The molecule has 8 nitrogen and oxygen atoms in total. The van der Waals surface area contributed by atoms with E-state index in [1.165, 1.54) is 13.2 Å². The molecular weight excluding hydrogens is 471 g/mol. The second-order valence-electron chi connectivity index (χ2n) is 6.17. The second-order valence-corrected chi connectivity index (χ2v) is 9.94. The number of para-hydroxylation sites is 2. The summed E-state index contributed by atoms with van der Waals surface area (Å²) in [5.41, 5.74) is -0.232. The molecule has 3 aromatic carbocycles. The molecule has 164 valence electrons. The number of hydrogen-bond acceptors (Lipinski definition) is 6. The molecule has 0 aliphatic rings. The maximum Gasteiger partial charge on any atom is 0.262 e. The SMILES string of the molecule is COc1ccccc1NS(=O)(=O)c1ccc(O)c(NS(=O)(=O)c2ccc(F)c(Cl)c2)c1. The van der Waals surface area contributed by atoms with E-state index in [-0.39, 0.29) is 21.2 Å². The van der Waals surface area contributed by atoms with Crippen molar-refractivity contribution in [3.63, 3.8) is 0 Å². The average Bonchev–Trinajstić information content (AvgIpc) is 2.71. The van der Waals surface area contributed by atoms with Gasteiger partial charge in [-0.2, -0.15) is 0 Å². The van der Waals surface area contributed by atoms with Crippen LogP contribution in [0.15, 0.2) is 70.5 Å². The highest BCUT2D eigenvalue weighted by atomic mass is 35.5. The molecule has 0 saturated heterocycles. The van der Waals surface area contributed by atoms with Gasteiger partial charge in [-0.3, -0.25) is 9.44 Å². The Hall–Kier alpha value is -3.02. The molecule has 12 heteroatoms. The second kappa shape index (κ2) is 8.61. The number of phenols is 1. The minimum absolute atomic E-state index is 0.168. The quantitative estimate of drug-likeness (QED) is 0.437. The number of halogens is 2. The monoisotopic (exact) mass is 486 g/mol. The van der Waals surface area contributed by atoms with Crippen molar-refractivity contribution in [2.24, 2.45) is 0 Å². The fraction of sp³-hybridized carbons (Fsp3) is 0.0526. The lowest BCUT2D eigenvalue weighted by atomic mass is 10.3. The largest absolute Gasteiger partial charge is 0.506 e. The van der Waals surface area contributed by atoms with Crippen LogP contribution >= 0.6 is 11.6 Å². The minimum atomic E-state index is -4.30. The summed E-state index contributed by atoms with van der Waals surface area (Å²) in [4.78, 5) is -0.704. The molecule has 31 heavy (non-hydrogen) atoms. The van der Waals surface area contributed by atoms with E-state index in [2.05, 4.69) is 9.44 Å². The normalized spacial score (nSPS) is 11.7. The number of rotatable bonds is 7. The molecule has 0 aliphatic heterocycles. The van der Waals surface area contributed by atoms with Crippen LogP contribution in [0.2, 0.25) is 5.02 Å². The van der Waals surface area contributed by atoms with Crippen molar-refractivity contribution in [1.82, 2.24) is 0 Å². The molecule has 0 unspecified atom stereocenters. The topological polar surface area (TPSA) is 122 Å². The summed E-state index contributed by atoms with van der Waals surface area (Å²) in [6.45, 7) is 0. The molecule has 3 rings (SSSR count). The van der Waals surface area contributed by atoms with Gasteiger partial charge in [0, 0.05) is 0 Å². The van der Waals surface area contributed by atoms with E-state index in [9.17, 15) is 26.3 Å². The van der Waals surface area contributed by atoms with Crippen molar-refractivity contribution in [2.45, 2.75) is 9.79 Å². The van der Waals surface area contributed by atoms with Gasteiger partial charge in [0.25, 0.3) is 20.0 Å². The van der Waals surface area contributed by atoms with Crippen LogP contribution in [0.25, 0.3) is 0 Å². The number of methoxy groups -OCH3 is 1. The molecule has 0 fully saturated rings. The van der Waals surface area contributed by atoms with Crippen LogP contribution in [0.4, 0.5) is 15.8 Å². The summed E-state index contributed by atoms with van der Waals surface area (Å²) in [6, 6.07) is 12.1. The molecule has 3 aromatic rings. The molecule has 0 atom stereocenters. The number of ether oxygens (including phenoxy) is 1. The Kier molecular flexibility index (Phi) is 6.30. The average molecular weight is 487 g/mol. The third kappa shape index (κ3) is 5.01. The maximum absolute atomic E-state index is 13.3. The van der Waals surface area contributed by atoms with E-state index in [1.54, 1.807) is 18.2 Å². The molecule has 0 saturated carbocycles. The van der Waals surface area contributed by atoms with E-state index >= 15 is 0 Å². The molecule has 0 spiro atoms. The van der Waals surface area contributed by atoms with Crippen molar-refractivity contribution >= 4 is 43.0 Å². The number of sulfonamides is 2. The van der Waals surface area contributed by atoms with Crippen molar-refractivity contribution in [3.05, 3.63) is 71.5 Å². The first kappa shape index (κ1) is 22.7. The standard InChI is InChI=1S/C19H16ClFN2O6S2/c1-29-19-5-3-2-4-16(19)22-31(27,28)13-7-9-18(24)17(11-13)23-30(25,26)12-6-8-15(21)14(20)10-12/h2-11,22-24H,1H3. The van der Waals surface area contributed by atoms with Gasteiger partial charge in [-0.25, -0.2) is 21.2 Å². The van der Waals surface area contributed by atoms with Crippen LogP contribution < -0.4 is 14.2 Å². The molecule has 0 amide bonds. The molecular formula is C19H16ClFN2O6S2. The van der Waals surface area contributed by atoms with Crippen LogP contribution in [0.5, 0.6) is 11.5 Å². The first-order valence-corrected chi connectivity index (χ1v) is 11.8. The van der Waals surface area contributed by atoms with Gasteiger partial charge in [0.1, 0.15) is 17.3 Å². The van der Waals surface area contributed by atoms with Crippen LogP contribution in [0.1, 0.15) is 0 Å². The molecule has 0 radical (unpaired) electrons. The van der Waals surface area contributed by atoms with Crippen LogP contribution in [0, 0.1) is 5.82 Å². The van der Waals surface area contributed by atoms with Gasteiger partial charge in [-0.15, -0.1) is 0 Å². The van der Waals surface area contributed by atoms with Crippen LogP contribution in [-0.2, 0) is 20.0 Å². The van der Waals surface area contributed by atoms with Crippen molar-refractivity contribution in [3.8, 4) is 11.5 Å². The smallest absolute Gasteiger partial charge is 0.262 e. The summed E-state index contributed by atoms with van der Waals surface area (Å²) in [5.74, 6) is -1.05. The molecule has 0 aliphatic carbocycles. The number of benzene rings is 3. The summed E-state index contributed by atoms with van der Waals surface area (Å²) >= 11 is 5.63. The third-order valence-corrected chi connectivity index (χ3v) is 7.09. The van der Waals surface area contributed by atoms with Gasteiger partial charge < -0.3 is 9.84 Å². The molecule has 0 heterocycles. The Morgan fingerprint density at radius 3 is 2.10 bits per heavy atom. The number of anilines is 2. The van der Waals surface area contributed by atoms with E-state index in [1.807, 2.05) is 0 Å². The molecule has 3 N–H and O–H groups in total. The summed E-state index contributed by atoms with van der Waals surface area (Å²) in [7, 11) is -7.09. The van der Waals surface area contributed by atoms with E-state index in [4.69, 9.17) is 16.3 Å². The number of nitrogens with one attached hydrogen (secondary N) is 2. The maximum atomic E-state index is 13.3. The van der Waals surface area contributed by atoms with Gasteiger partial charge in [0.2, 0.25) is 0 Å². The fourth-order valence-electron chi connectivity index (χ4n) is 2.54. The summed E-state index contributed by atoms with van der Waals surface area (Å²) in [6.07, 6.45) is 0. The lowest BCUT2D eigenvalue weighted by molar-refractivity contribution is 0.417. The van der Waals surface area contributed by atoms with Gasteiger partial charge in [0.15, 0.2) is 0 Å². The van der Waals surface area contributed by atoms with E-state index in [0.717, 1.165) is 36.4 Å². The highest BCUT2D eigenvalue weighted by Gasteiger charge is 2.22. The van der Waals surface area contributed by atoms with Gasteiger partial charge >= 0.3 is 0 Å². The van der Waals surface area contributed by atoms with Crippen LogP contribution in [0.3, 0.4) is 0 Å². The zero-order valence-electron chi connectivity index (χ0n) is 15.8. The van der Waals surface area contributed by atoms with E-state index < -0.39 is 42.3 Å². The van der Waals surface area contributed by atoms with Crippen molar-refractivity contribution < 1.29 is 31.1 Å². The molecule has 0 aromatic heterocycles. The Labute approximate surface area is 183 Å². The lowest BCUT2D eigenvalue weighted by Crippen LogP contribution is -2.16. The number of hydrogen-bond donors (Lipinski definition) is 3. The highest BCUT2D eigenvalue weighted by Crippen LogP contribution is 2.31. The summed E-state index contributed by atoms with van der Waals surface area (Å²) < 4.78 is 73.5.